The molecule has 0 fully saturated rings. The predicted octanol–water partition coefficient (Wildman–Crippen LogP) is 3.09. The zero-order valence-corrected chi connectivity index (χ0v) is 13.1. The summed E-state index contributed by atoms with van der Waals surface area (Å²) in [7, 11) is 0. The van der Waals surface area contributed by atoms with E-state index in [1.807, 2.05) is 6.07 Å². The number of benzene rings is 2. The number of halogens is 1. The Labute approximate surface area is 139 Å². The molecule has 2 aromatic rings. The van der Waals surface area contributed by atoms with Gasteiger partial charge in [-0.2, -0.15) is 5.26 Å². The Morgan fingerprint density at radius 2 is 1.88 bits per heavy atom. The van der Waals surface area contributed by atoms with Crippen molar-refractivity contribution in [1.29, 1.82) is 5.26 Å². The van der Waals surface area contributed by atoms with E-state index in [1.165, 1.54) is 12.1 Å². The minimum atomic E-state index is -0.814. The average molecular weight is 329 g/mol. The van der Waals surface area contributed by atoms with Gasteiger partial charge in [0.1, 0.15) is 19.0 Å². The Balaban J connectivity index is 1.73. The van der Waals surface area contributed by atoms with Gasteiger partial charge in [0.05, 0.1) is 11.6 Å². The number of hydrogen-bond acceptors (Lipinski definition) is 5. The third kappa shape index (κ3) is 4.99. The Morgan fingerprint density at radius 1 is 1.17 bits per heavy atom. The highest BCUT2D eigenvalue weighted by Gasteiger charge is 2.16. The van der Waals surface area contributed by atoms with Gasteiger partial charge in [-0.05, 0) is 43.3 Å². The van der Waals surface area contributed by atoms with Crippen molar-refractivity contribution in [2.75, 3.05) is 13.2 Å². The van der Waals surface area contributed by atoms with Gasteiger partial charge in [-0.1, -0.05) is 12.1 Å². The smallest absolute Gasteiger partial charge is 0.347 e. The van der Waals surface area contributed by atoms with Gasteiger partial charge in [-0.25, -0.2) is 9.18 Å². The van der Waals surface area contributed by atoms with Crippen LogP contribution in [0.3, 0.4) is 0 Å². The summed E-state index contributed by atoms with van der Waals surface area (Å²) in [5, 5.41) is 8.72. The topological polar surface area (TPSA) is 68.5 Å². The fourth-order valence-corrected chi connectivity index (χ4v) is 1.83. The first kappa shape index (κ1) is 17.3. The lowest BCUT2D eigenvalue weighted by molar-refractivity contribution is -0.151. The maximum Gasteiger partial charge on any atom is 0.347 e. The molecule has 0 aliphatic rings. The largest absolute Gasteiger partial charge is 0.487 e. The van der Waals surface area contributed by atoms with Crippen LogP contribution < -0.4 is 9.47 Å². The SMILES string of the molecule is C[C@H](Oc1ccc(C#N)cc1)C(=O)OCCOc1ccccc1F. The Kier molecular flexibility index (Phi) is 6.15. The zero-order valence-electron chi connectivity index (χ0n) is 13.1. The first-order valence-electron chi connectivity index (χ1n) is 7.31. The second-order valence-corrected chi connectivity index (χ2v) is 4.84. The van der Waals surface area contributed by atoms with Gasteiger partial charge in [0.2, 0.25) is 0 Å². The van der Waals surface area contributed by atoms with Crippen molar-refractivity contribution in [3.05, 3.63) is 59.9 Å². The molecule has 0 unspecified atom stereocenters. The van der Waals surface area contributed by atoms with Crippen molar-refractivity contribution in [3.8, 4) is 17.6 Å². The molecule has 0 bridgehead atoms. The average Bonchev–Trinajstić information content (AvgIpc) is 2.60. The van der Waals surface area contributed by atoms with Crippen molar-refractivity contribution in [2.24, 2.45) is 0 Å². The zero-order chi connectivity index (χ0) is 17.4. The first-order chi connectivity index (χ1) is 11.6. The molecule has 0 amide bonds. The third-order valence-corrected chi connectivity index (χ3v) is 3.05. The summed E-state index contributed by atoms with van der Waals surface area (Å²) >= 11 is 0. The molecule has 0 N–H and O–H groups in total. The van der Waals surface area contributed by atoms with Crippen LogP contribution in [0.4, 0.5) is 4.39 Å². The molecule has 0 aromatic heterocycles. The molecule has 0 heterocycles. The number of esters is 1. The lowest BCUT2D eigenvalue weighted by atomic mass is 10.2. The number of para-hydroxylation sites is 1. The van der Waals surface area contributed by atoms with Crippen molar-refractivity contribution < 1.29 is 23.4 Å². The van der Waals surface area contributed by atoms with Crippen LogP contribution in [-0.2, 0) is 9.53 Å². The van der Waals surface area contributed by atoms with Crippen LogP contribution in [0.25, 0.3) is 0 Å². The third-order valence-electron chi connectivity index (χ3n) is 3.05. The summed E-state index contributed by atoms with van der Waals surface area (Å²) in [6.45, 7) is 1.57. The van der Waals surface area contributed by atoms with Crippen molar-refractivity contribution in [1.82, 2.24) is 0 Å². The van der Waals surface area contributed by atoms with Crippen LogP contribution in [0, 0.1) is 17.1 Å². The van der Waals surface area contributed by atoms with E-state index < -0.39 is 17.9 Å². The van der Waals surface area contributed by atoms with E-state index in [0.29, 0.717) is 11.3 Å². The van der Waals surface area contributed by atoms with Gasteiger partial charge in [0, 0.05) is 0 Å². The molecule has 124 valence electrons. The van der Waals surface area contributed by atoms with E-state index >= 15 is 0 Å². The molecule has 2 aromatic carbocycles. The first-order valence-corrected chi connectivity index (χ1v) is 7.31. The molecular weight excluding hydrogens is 313 g/mol. The van der Waals surface area contributed by atoms with Crippen LogP contribution >= 0.6 is 0 Å². The summed E-state index contributed by atoms with van der Waals surface area (Å²) in [6, 6.07) is 14.4. The molecule has 0 spiro atoms. The predicted molar refractivity (Wildman–Crippen MR) is 84.1 cm³/mol. The van der Waals surface area contributed by atoms with E-state index in [-0.39, 0.29) is 19.0 Å². The number of carbonyl (C=O) groups is 1. The van der Waals surface area contributed by atoms with E-state index in [2.05, 4.69) is 0 Å². The van der Waals surface area contributed by atoms with E-state index in [9.17, 15) is 9.18 Å². The lowest BCUT2D eigenvalue weighted by Gasteiger charge is -2.14. The maximum atomic E-state index is 13.3. The fraction of sp³-hybridized carbons (Fsp3) is 0.222. The molecule has 0 saturated heterocycles. The number of carbonyl (C=O) groups excluding carboxylic acids is 1. The second kappa shape index (κ2) is 8.53. The van der Waals surface area contributed by atoms with Crippen molar-refractivity contribution >= 4 is 5.97 Å². The lowest BCUT2D eigenvalue weighted by Crippen LogP contribution is -2.27. The number of nitrogens with zero attached hydrogens (tertiary/aromatic N) is 1. The van der Waals surface area contributed by atoms with E-state index in [4.69, 9.17) is 19.5 Å². The Hall–Kier alpha value is -3.07. The van der Waals surface area contributed by atoms with E-state index in [0.717, 1.165) is 0 Å². The Morgan fingerprint density at radius 3 is 2.54 bits per heavy atom. The second-order valence-electron chi connectivity index (χ2n) is 4.84. The van der Waals surface area contributed by atoms with Crippen LogP contribution in [0.15, 0.2) is 48.5 Å². The highest BCUT2D eigenvalue weighted by atomic mass is 19.1. The minimum absolute atomic E-state index is 0.0196. The van der Waals surface area contributed by atoms with Crippen LogP contribution in [-0.4, -0.2) is 25.3 Å². The Bertz CT molecular complexity index is 725. The summed E-state index contributed by atoms with van der Waals surface area (Å²) in [5.74, 6) is -0.464. The molecule has 1 atom stereocenters. The molecule has 5 nitrogen and oxygen atoms in total. The maximum absolute atomic E-state index is 13.3. The van der Waals surface area contributed by atoms with Crippen LogP contribution in [0.5, 0.6) is 11.5 Å². The number of nitriles is 1. The van der Waals surface area contributed by atoms with Crippen LogP contribution in [0.1, 0.15) is 12.5 Å². The quantitative estimate of drug-likeness (QED) is 0.577. The monoisotopic (exact) mass is 329 g/mol. The summed E-state index contributed by atoms with van der Waals surface area (Å²) in [4.78, 5) is 11.8. The number of ether oxygens (including phenoxy) is 3. The van der Waals surface area contributed by atoms with Gasteiger partial charge in [0.25, 0.3) is 0 Å². The molecule has 24 heavy (non-hydrogen) atoms. The van der Waals surface area contributed by atoms with Crippen LogP contribution in [0.2, 0.25) is 0 Å². The van der Waals surface area contributed by atoms with Crippen molar-refractivity contribution in [3.63, 3.8) is 0 Å². The molecule has 0 aliphatic heterocycles. The minimum Gasteiger partial charge on any atom is -0.487 e. The molecule has 0 radical (unpaired) electrons. The summed E-state index contributed by atoms with van der Waals surface area (Å²) < 4.78 is 29.0. The van der Waals surface area contributed by atoms with Gasteiger partial charge < -0.3 is 14.2 Å². The fourth-order valence-electron chi connectivity index (χ4n) is 1.83. The highest BCUT2D eigenvalue weighted by molar-refractivity contribution is 5.74. The van der Waals surface area contributed by atoms with Gasteiger partial charge >= 0.3 is 5.97 Å². The number of rotatable bonds is 7. The molecular formula is C18H16FNO4. The molecule has 0 saturated carbocycles. The summed E-state index contributed by atoms with van der Waals surface area (Å²) in [5.41, 5.74) is 0.503. The van der Waals surface area contributed by atoms with Gasteiger partial charge in [0.15, 0.2) is 17.7 Å². The number of hydrogen-bond donors (Lipinski definition) is 0. The van der Waals surface area contributed by atoms with Gasteiger partial charge in [-0.15, -0.1) is 0 Å². The van der Waals surface area contributed by atoms with Gasteiger partial charge in [-0.3, -0.25) is 0 Å². The normalized spacial score (nSPS) is 11.2. The van der Waals surface area contributed by atoms with Crippen molar-refractivity contribution in [2.45, 2.75) is 13.0 Å². The highest BCUT2D eigenvalue weighted by Crippen LogP contribution is 2.15. The van der Waals surface area contributed by atoms with E-state index in [1.54, 1.807) is 43.3 Å². The standard InChI is InChI=1S/C18H16FNO4/c1-13(24-15-8-6-14(12-20)7-9-15)18(21)23-11-10-22-17-5-3-2-4-16(17)19/h2-9,13H,10-11H2,1H3/t13-/m0/s1. The summed E-state index contributed by atoms with van der Waals surface area (Å²) in [6.07, 6.45) is -0.814. The molecule has 2 rings (SSSR count). The molecule has 6 heteroatoms. The molecule has 0 aliphatic carbocycles.